The fraction of sp³-hybridized carbons (Fsp3) is 0.533. The first-order valence-electron chi connectivity index (χ1n) is 7.04. The van der Waals surface area contributed by atoms with E-state index in [-0.39, 0.29) is 35.4 Å². The van der Waals surface area contributed by atoms with Crippen LogP contribution in [0.5, 0.6) is 5.75 Å². The van der Waals surface area contributed by atoms with Gasteiger partial charge in [-0.3, -0.25) is 4.79 Å². The number of halogens is 3. The first-order valence-corrected chi connectivity index (χ1v) is 7.42. The molecule has 0 bridgehead atoms. The summed E-state index contributed by atoms with van der Waals surface area (Å²) in [7, 11) is 0. The summed E-state index contributed by atoms with van der Waals surface area (Å²) in [4.78, 5) is 11.8. The van der Waals surface area contributed by atoms with Crippen molar-refractivity contribution in [2.75, 3.05) is 26.2 Å². The number of hydrogen-bond acceptors (Lipinski definition) is 3. The van der Waals surface area contributed by atoms with Gasteiger partial charge in [0.1, 0.15) is 11.6 Å². The van der Waals surface area contributed by atoms with Crippen molar-refractivity contribution in [3.8, 4) is 5.75 Å². The molecular weight excluding hydrogens is 330 g/mol. The van der Waals surface area contributed by atoms with E-state index in [1.807, 2.05) is 0 Å². The maximum atomic E-state index is 12.9. The summed E-state index contributed by atoms with van der Waals surface area (Å²) in [5.74, 6) is -0.327. The Hall–Kier alpha value is -1.04. The molecule has 1 amide bonds. The van der Waals surface area contributed by atoms with Crippen molar-refractivity contribution in [2.45, 2.75) is 19.8 Å². The highest BCUT2D eigenvalue weighted by atomic mass is 35.5. The molecule has 0 radical (unpaired) electrons. The molecule has 0 unspecified atom stereocenters. The van der Waals surface area contributed by atoms with Gasteiger partial charge in [0.15, 0.2) is 6.61 Å². The second-order valence-electron chi connectivity index (χ2n) is 5.70. The van der Waals surface area contributed by atoms with Gasteiger partial charge in [-0.25, -0.2) is 4.39 Å². The Morgan fingerprint density at radius 2 is 2.14 bits per heavy atom. The molecule has 0 atom stereocenters. The van der Waals surface area contributed by atoms with E-state index < -0.39 is 5.82 Å². The average Bonchev–Trinajstić information content (AvgIpc) is 2.45. The Balaban J connectivity index is 0.00000242. The summed E-state index contributed by atoms with van der Waals surface area (Å²) in [6.45, 7) is 4.64. The van der Waals surface area contributed by atoms with Crippen LogP contribution in [0, 0.1) is 11.2 Å². The first kappa shape index (κ1) is 19.0. The number of nitrogens with one attached hydrogen (secondary N) is 2. The Bertz CT molecular complexity index is 508. The molecule has 1 aromatic rings. The van der Waals surface area contributed by atoms with E-state index in [4.69, 9.17) is 16.3 Å². The van der Waals surface area contributed by atoms with E-state index in [0.29, 0.717) is 12.3 Å². The SMILES string of the molecule is CC1(CNC(=O)COc2ccc(F)cc2Cl)CCNCC1.Cl. The Kier molecular flexibility index (Phi) is 7.39. The molecule has 2 rings (SSSR count). The summed E-state index contributed by atoms with van der Waals surface area (Å²) in [6.07, 6.45) is 2.08. The molecule has 2 N–H and O–H groups in total. The molecule has 0 aliphatic carbocycles. The number of amides is 1. The minimum Gasteiger partial charge on any atom is -0.482 e. The standard InChI is InChI=1S/C15H20ClFN2O2.ClH/c1-15(4-6-18-7-5-15)10-19-14(20)9-21-13-3-2-11(17)8-12(13)16;/h2-3,8,18H,4-7,9-10H2,1H3,(H,19,20);1H. The quantitative estimate of drug-likeness (QED) is 0.858. The molecule has 1 aliphatic heterocycles. The van der Waals surface area contributed by atoms with Crippen molar-refractivity contribution in [1.82, 2.24) is 10.6 Å². The number of benzene rings is 1. The molecule has 0 saturated carbocycles. The number of piperidine rings is 1. The second-order valence-corrected chi connectivity index (χ2v) is 6.11. The van der Waals surface area contributed by atoms with Crippen molar-refractivity contribution in [3.63, 3.8) is 0 Å². The van der Waals surface area contributed by atoms with E-state index in [1.54, 1.807) is 0 Å². The van der Waals surface area contributed by atoms with Crippen LogP contribution in [0.1, 0.15) is 19.8 Å². The number of ether oxygens (including phenoxy) is 1. The molecule has 1 fully saturated rings. The van der Waals surface area contributed by atoms with Crippen molar-refractivity contribution in [3.05, 3.63) is 29.0 Å². The highest BCUT2D eigenvalue weighted by molar-refractivity contribution is 6.32. The van der Waals surface area contributed by atoms with Gasteiger partial charge in [-0.05, 0) is 49.5 Å². The molecular formula is C15H21Cl2FN2O2. The number of carbonyl (C=O) groups excluding carboxylic acids is 1. The fourth-order valence-electron chi connectivity index (χ4n) is 2.31. The molecule has 1 aromatic carbocycles. The largest absolute Gasteiger partial charge is 0.482 e. The summed E-state index contributed by atoms with van der Waals surface area (Å²) in [5, 5.41) is 6.35. The van der Waals surface area contributed by atoms with Crippen LogP contribution in [0.3, 0.4) is 0 Å². The van der Waals surface area contributed by atoms with Gasteiger partial charge in [-0.2, -0.15) is 0 Å². The predicted molar refractivity (Wildman–Crippen MR) is 87.4 cm³/mol. The zero-order chi connectivity index (χ0) is 15.3. The number of rotatable bonds is 5. The number of carbonyl (C=O) groups is 1. The summed E-state index contributed by atoms with van der Waals surface area (Å²) >= 11 is 5.83. The van der Waals surface area contributed by atoms with E-state index in [1.165, 1.54) is 12.1 Å². The molecule has 1 saturated heterocycles. The summed E-state index contributed by atoms with van der Waals surface area (Å²) in [5.41, 5.74) is 0.133. The van der Waals surface area contributed by atoms with E-state index >= 15 is 0 Å². The summed E-state index contributed by atoms with van der Waals surface area (Å²) < 4.78 is 18.2. The Morgan fingerprint density at radius 1 is 1.45 bits per heavy atom. The fourth-order valence-corrected chi connectivity index (χ4v) is 2.53. The molecule has 0 aromatic heterocycles. The van der Waals surface area contributed by atoms with Gasteiger partial charge in [0.05, 0.1) is 5.02 Å². The molecule has 22 heavy (non-hydrogen) atoms. The van der Waals surface area contributed by atoms with Gasteiger partial charge < -0.3 is 15.4 Å². The predicted octanol–water partition coefficient (Wildman–Crippen LogP) is 2.79. The Labute approximate surface area is 141 Å². The van der Waals surface area contributed by atoms with E-state index in [2.05, 4.69) is 17.6 Å². The third kappa shape index (κ3) is 5.63. The lowest BCUT2D eigenvalue weighted by Gasteiger charge is -2.34. The molecule has 4 nitrogen and oxygen atoms in total. The highest BCUT2D eigenvalue weighted by Gasteiger charge is 2.26. The van der Waals surface area contributed by atoms with Crippen LogP contribution in [-0.2, 0) is 4.79 Å². The first-order chi connectivity index (χ1) is 9.98. The normalized spacial score (nSPS) is 16.5. The van der Waals surface area contributed by atoms with Crippen LogP contribution in [0.2, 0.25) is 5.02 Å². The third-order valence-corrected chi connectivity index (χ3v) is 4.07. The average molecular weight is 351 g/mol. The van der Waals surface area contributed by atoms with Gasteiger partial charge in [-0.15, -0.1) is 12.4 Å². The number of hydrogen-bond donors (Lipinski definition) is 2. The Morgan fingerprint density at radius 3 is 2.77 bits per heavy atom. The van der Waals surface area contributed by atoms with Gasteiger partial charge in [0.2, 0.25) is 0 Å². The van der Waals surface area contributed by atoms with Crippen molar-refractivity contribution in [2.24, 2.45) is 5.41 Å². The zero-order valence-corrected chi connectivity index (χ0v) is 14.0. The molecule has 1 aliphatic rings. The lowest BCUT2D eigenvalue weighted by atomic mass is 9.81. The van der Waals surface area contributed by atoms with Crippen LogP contribution in [0.25, 0.3) is 0 Å². The zero-order valence-electron chi connectivity index (χ0n) is 12.5. The maximum absolute atomic E-state index is 12.9. The minimum absolute atomic E-state index is 0. The molecule has 1 heterocycles. The monoisotopic (exact) mass is 350 g/mol. The van der Waals surface area contributed by atoms with Crippen LogP contribution < -0.4 is 15.4 Å². The van der Waals surface area contributed by atoms with Crippen LogP contribution in [0.4, 0.5) is 4.39 Å². The van der Waals surface area contributed by atoms with Crippen molar-refractivity contribution in [1.29, 1.82) is 0 Å². The van der Waals surface area contributed by atoms with Gasteiger partial charge in [0, 0.05) is 6.54 Å². The molecule has 7 heteroatoms. The van der Waals surface area contributed by atoms with E-state index in [9.17, 15) is 9.18 Å². The van der Waals surface area contributed by atoms with Crippen LogP contribution in [0.15, 0.2) is 18.2 Å². The van der Waals surface area contributed by atoms with Crippen molar-refractivity contribution < 1.29 is 13.9 Å². The molecule has 0 spiro atoms. The lowest BCUT2D eigenvalue weighted by Crippen LogP contribution is -2.43. The smallest absolute Gasteiger partial charge is 0.257 e. The third-order valence-electron chi connectivity index (χ3n) is 3.78. The lowest BCUT2D eigenvalue weighted by molar-refractivity contribution is -0.123. The topological polar surface area (TPSA) is 50.4 Å². The van der Waals surface area contributed by atoms with Crippen LogP contribution >= 0.6 is 24.0 Å². The highest BCUT2D eigenvalue weighted by Crippen LogP contribution is 2.27. The van der Waals surface area contributed by atoms with Crippen molar-refractivity contribution >= 4 is 29.9 Å². The van der Waals surface area contributed by atoms with Gasteiger partial charge in [0.25, 0.3) is 5.91 Å². The van der Waals surface area contributed by atoms with Crippen LogP contribution in [-0.4, -0.2) is 32.1 Å². The van der Waals surface area contributed by atoms with Gasteiger partial charge >= 0.3 is 0 Å². The van der Waals surface area contributed by atoms with Gasteiger partial charge in [-0.1, -0.05) is 18.5 Å². The maximum Gasteiger partial charge on any atom is 0.257 e. The second kappa shape index (κ2) is 8.56. The molecule has 124 valence electrons. The van der Waals surface area contributed by atoms with E-state index in [0.717, 1.165) is 32.0 Å². The summed E-state index contributed by atoms with van der Waals surface area (Å²) in [6, 6.07) is 3.82. The minimum atomic E-state index is -0.435.